The second-order valence-corrected chi connectivity index (χ2v) is 7.84. The minimum absolute atomic E-state index is 0.0121. The van der Waals surface area contributed by atoms with E-state index in [0.29, 0.717) is 6.42 Å². The molecule has 1 aliphatic heterocycles. The van der Waals surface area contributed by atoms with Gasteiger partial charge in [-0.1, -0.05) is 66.7 Å². The summed E-state index contributed by atoms with van der Waals surface area (Å²) in [5.74, 6) is -0.0710. The number of amides is 2. The molecule has 4 heteroatoms. The van der Waals surface area contributed by atoms with Crippen molar-refractivity contribution in [2.75, 3.05) is 9.80 Å². The molecule has 3 aromatic carbocycles. The normalized spacial score (nSPS) is 17.9. The Balaban J connectivity index is 1.70. The van der Waals surface area contributed by atoms with Crippen molar-refractivity contribution >= 4 is 29.3 Å². The predicted molar refractivity (Wildman–Crippen MR) is 126 cm³/mol. The van der Waals surface area contributed by atoms with Crippen LogP contribution in [0.25, 0.3) is 6.08 Å². The van der Waals surface area contributed by atoms with Crippen molar-refractivity contribution in [3.8, 4) is 0 Å². The maximum absolute atomic E-state index is 13.2. The highest BCUT2D eigenvalue weighted by Crippen LogP contribution is 2.42. The van der Waals surface area contributed by atoms with Crippen LogP contribution in [0.2, 0.25) is 0 Å². The molecule has 1 aliphatic rings. The fraction of sp³-hybridized carbons (Fsp3) is 0.185. The summed E-state index contributed by atoms with van der Waals surface area (Å²) >= 11 is 0. The molecule has 0 saturated carbocycles. The van der Waals surface area contributed by atoms with Crippen LogP contribution >= 0.6 is 0 Å². The highest BCUT2D eigenvalue weighted by atomic mass is 16.2. The van der Waals surface area contributed by atoms with Crippen LogP contribution in [0.15, 0.2) is 91.0 Å². The monoisotopic (exact) mass is 410 g/mol. The summed E-state index contributed by atoms with van der Waals surface area (Å²) in [6, 6.07) is 27.2. The van der Waals surface area contributed by atoms with Gasteiger partial charge in [-0.25, -0.2) is 0 Å². The molecule has 4 rings (SSSR count). The summed E-state index contributed by atoms with van der Waals surface area (Å²) in [5, 5.41) is 0. The number of hydrogen-bond acceptors (Lipinski definition) is 2. The number of nitrogens with zero attached hydrogens (tertiary/aromatic N) is 2. The lowest BCUT2D eigenvalue weighted by atomic mass is 9.89. The molecule has 0 unspecified atom stereocenters. The minimum atomic E-state index is -0.131. The van der Waals surface area contributed by atoms with Gasteiger partial charge in [0.1, 0.15) is 0 Å². The first-order valence-corrected chi connectivity index (χ1v) is 10.6. The topological polar surface area (TPSA) is 40.6 Å². The first-order chi connectivity index (χ1) is 15.1. The smallest absolute Gasteiger partial charge is 0.251 e. The van der Waals surface area contributed by atoms with E-state index in [1.165, 1.54) is 0 Å². The Hall–Kier alpha value is -3.66. The lowest BCUT2D eigenvalue weighted by Gasteiger charge is -2.43. The van der Waals surface area contributed by atoms with E-state index in [4.69, 9.17) is 0 Å². The second kappa shape index (κ2) is 9.00. The highest BCUT2D eigenvalue weighted by molar-refractivity contribution is 6.05. The van der Waals surface area contributed by atoms with E-state index in [2.05, 4.69) is 0 Å². The Kier molecular flexibility index (Phi) is 5.99. The largest absolute Gasteiger partial charge is 0.306 e. The zero-order valence-electron chi connectivity index (χ0n) is 17.8. The minimum Gasteiger partial charge on any atom is -0.306 e. The van der Waals surface area contributed by atoms with Crippen LogP contribution in [-0.2, 0) is 9.59 Å². The lowest BCUT2D eigenvalue weighted by Crippen LogP contribution is -2.47. The van der Waals surface area contributed by atoms with Crippen molar-refractivity contribution in [2.45, 2.75) is 32.4 Å². The summed E-state index contributed by atoms with van der Waals surface area (Å²) in [5.41, 5.74) is 3.70. The number of fused-ring (bicyclic) bond motifs is 1. The fourth-order valence-electron chi connectivity index (χ4n) is 4.34. The van der Waals surface area contributed by atoms with Crippen molar-refractivity contribution in [1.82, 2.24) is 0 Å². The van der Waals surface area contributed by atoms with E-state index in [-0.39, 0.29) is 23.9 Å². The predicted octanol–water partition coefficient (Wildman–Crippen LogP) is 5.62. The van der Waals surface area contributed by atoms with E-state index < -0.39 is 0 Å². The summed E-state index contributed by atoms with van der Waals surface area (Å²) in [6.45, 7) is 3.64. The van der Waals surface area contributed by atoms with Crippen LogP contribution in [0, 0.1) is 0 Å². The number of para-hydroxylation sites is 2. The highest BCUT2D eigenvalue weighted by Gasteiger charge is 2.37. The third-order valence-electron chi connectivity index (χ3n) is 5.70. The maximum atomic E-state index is 13.2. The van der Waals surface area contributed by atoms with Gasteiger partial charge < -0.3 is 9.80 Å². The van der Waals surface area contributed by atoms with Gasteiger partial charge >= 0.3 is 0 Å². The quantitative estimate of drug-likeness (QED) is 0.524. The molecule has 0 fully saturated rings. The van der Waals surface area contributed by atoms with Gasteiger partial charge in [-0.2, -0.15) is 0 Å². The third kappa shape index (κ3) is 4.29. The van der Waals surface area contributed by atoms with Gasteiger partial charge in [0.25, 0.3) is 5.91 Å². The average molecular weight is 411 g/mol. The van der Waals surface area contributed by atoms with Gasteiger partial charge in [-0.05, 0) is 48.7 Å². The molecule has 0 saturated heterocycles. The Labute approximate surface area is 183 Å². The molecule has 4 nitrogen and oxygen atoms in total. The van der Waals surface area contributed by atoms with Crippen LogP contribution in [0.5, 0.6) is 0 Å². The van der Waals surface area contributed by atoms with Gasteiger partial charge in [0.2, 0.25) is 5.91 Å². The molecule has 2 amide bonds. The standard InChI is InChI=1S/C27H26N2O2/c1-20-19-26(29(21(2)30)23-13-7-4-8-14-23)24-15-9-10-16-25(24)28(20)27(31)18-17-22-11-5-3-6-12-22/h3-18,20,26H,19H2,1-2H3/t20-,26+/m0/s1. The SMILES string of the molecule is CC(=O)N(c1ccccc1)[C@@H]1C[C@H](C)N(C(=O)C=Cc2ccccc2)c2ccccc21. The number of carbonyl (C=O) groups is 2. The van der Waals surface area contributed by atoms with Crippen LogP contribution in [-0.4, -0.2) is 17.9 Å². The van der Waals surface area contributed by atoms with Crippen LogP contribution in [0.4, 0.5) is 11.4 Å². The maximum Gasteiger partial charge on any atom is 0.251 e. The molecule has 2 atom stereocenters. The van der Waals surface area contributed by atoms with E-state index in [9.17, 15) is 9.59 Å². The number of hydrogen-bond donors (Lipinski definition) is 0. The molecular weight excluding hydrogens is 384 g/mol. The Morgan fingerprint density at radius 2 is 1.52 bits per heavy atom. The molecule has 0 N–H and O–H groups in total. The van der Waals surface area contributed by atoms with E-state index in [1.807, 2.05) is 108 Å². The molecule has 156 valence electrons. The van der Waals surface area contributed by atoms with E-state index in [1.54, 1.807) is 13.0 Å². The third-order valence-corrected chi connectivity index (χ3v) is 5.70. The molecule has 0 aliphatic carbocycles. The van der Waals surface area contributed by atoms with Gasteiger partial charge in [0.15, 0.2) is 0 Å². The summed E-state index contributed by atoms with van der Waals surface area (Å²) < 4.78 is 0. The number of rotatable bonds is 4. The van der Waals surface area contributed by atoms with E-state index >= 15 is 0 Å². The Morgan fingerprint density at radius 1 is 0.903 bits per heavy atom. The number of carbonyl (C=O) groups excluding carboxylic acids is 2. The summed E-state index contributed by atoms with van der Waals surface area (Å²) in [4.78, 5) is 29.5. The summed E-state index contributed by atoms with van der Waals surface area (Å²) in [6.07, 6.45) is 4.13. The van der Waals surface area contributed by atoms with Crippen LogP contribution < -0.4 is 9.80 Å². The van der Waals surface area contributed by atoms with Gasteiger partial charge in [-0.3, -0.25) is 9.59 Å². The van der Waals surface area contributed by atoms with Gasteiger partial charge in [0, 0.05) is 30.4 Å². The second-order valence-electron chi connectivity index (χ2n) is 7.84. The van der Waals surface area contributed by atoms with Crippen molar-refractivity contribution in [2.24, 2.45) is 0 Å². The first kappa shape index (κ1) is 20.6. The molecular formula is C27H26N2O2. The molecule has 0 radical (unpaired) electrons. The van der Waals surface area contributed by atoms with Crippen molar-refractivity contribution < 1.29 is 9.59 Å². The van der Waals surface area contributed by atoms with Gasteiger partial charge in [-0.15, -0.1) is 0 Å². The summed E-state index contributed by atoms with van der Waals surface area (Å²) in [7, 11) is 0. The van der Waals surface area contributed by atoms with Gasteiger partial charge in [0.05, 0.1) is 6.04 Å². The zero-order valence-corrected chi connectivity index (χ0v) is 17.8. The Morgan fingerprint density at radius 3 is 2.19 bits per heavy atom. The van der Waals surface area contributed by atoms with Crippen molar-refractivity contribution in [3.05, 3.63) is 102 Å². The van der Waals surface area contributed by atoms with Crippen molar-refractivity contribution in [1.29, 1.82) is 0 Å². The molecule has 1 heterocycles. The van der Waals surface area contributed by atoms with Crippen LogP contribution in [0.1, 0.15) is 37.4 Å². The number of anilines is 2. The Bertz CT molecular complexity index is 1090. The average Bonchev–Trinajstić information content (AvgIpc) is 2.79. The lowest BCUT2D eigenvalue weighted by molar-refractivity contribution is -0.117. The zero-order chi connectivity index (χ0) is 21.8. The molecule has 0 aromatic heterocycles. The van der Waals surface area contributed by atoms with Crippen LogP contribution in [0.3, 0.4) is 0 Å². The first-order valence-electron chi connectivity index (χ1n) is 10.6. The molecule has 31 heavy (non-hydrogen) atoms. The molecule has 0 bridgehead atoms. The molecule has 0 spiro atoms. The van der Waals surface area contributed by atoms with Crippen molar-refractivity contribution in [3.63, 3.8) is 0 Å². The fourth-order valence-corrected chi connectivity index (χ4v) is 4.34. The number of benzene rings is 3. The molecule has 3 aromatic rings. The van der Waals surface area contributed by atoms with E-state index in [0.717, 1.165) is 22.5 Å².